The van der Waals surface area contributed by atoms with Crippen molar-refractivity contribution in [2.24, 2.45) is 0 Å². The van der Waals surface area contributed by atoms with Crippen LogP contribution < -0.4 is 4.74 Å². The number of benzene rings is 2. The maximum absolute atomic E-state index is 13.6. The lowest BCUT2D eigenvalue weighted by atomic mass is 10.1. The topological polar surface area (TPSA) is 29.5 Å². The third-order valence-corrected chi connectivity index (χ3v) is 3.21. The Morgan fingerprint density at radius 1 is 1.26 bits per heavy atom. The second-order valence-corrected chi connectivity index (χ2v) is 5.19. The summed E-state index contributed by atoms with van der Waals surface area (Å²) in [5.74, 6) is -0.0105. The van der Waals surface area contributed by atoms with Crippen LogP contribution in [0, 0.1) is 5.82 Å². The lowest BCUT2D eigenvalue weighted by Crippen LogP contribution is -1.99. The van der Waals surface area contributed by atoms with Crippen LogP contribution in [0.5, 0.6) is 5.75 Å². The largest absolute Gasteiger partial charge is 0.489 e. The van der Waals surface area contributed by atoms with Crippen LogP contribution in [0.15, 0.2) is 46.9 Å². The van der Waals surface area contributed by atoms with Crippen molar-refractivity contribution >= 4 is 15.9 Å². The van der Waals surface area contributed by atoms with Crippen LogP contribution in [-0.2, 0) is 6.61 Å². The molecule has 0 spiro atoms. The quantitative estimate of drug-likeness (QED) is 0.912. The summed E-state index contributed by atoms with van der Waals surface area (Å²) < 4.78 is 20.1. The van der Waals surface area contributed by atoms with Crippen LogP contribution >= 0.6 is 15.9 Å². The summed E-state index contributed by atoms with van der Waals surface area (Å²) in [6, 6.07) is 12.2. The lowest BCUT2D eigenvalue weighted by molar-refractivity contribution is 0.194. The SMILES string of the molecule is C[C@H](O)c1ccc(OCc2cccc(Br)c2)cc1F. The summed E-state index contributed by atoms with van der Waals surface area (Å²) in [6.45, 7) is 1.90. The molecule has 0 aromatic heterocycles. The van der Waals surface area contributed by atoms with Gasteiger partial charge in [0, 0.05) is 16.1 Å². The minimum atomic E-state index is -0.820. The summed E-state index contributed by atoms with van der Waals surface area (Å²) in [4.78, 5) is 0. The van der Waals surface area contributed by atoms with E-state index in [2.05, 4.69) is 15.9 Å². The summed E-state index contributed by atoms with van der Waals surface area (Å²) in [5.41, 5.74) is 1.27. The fourth-order valence-electron chi connectivity index (χ4n) is 1.73. The zero-order valence-corrected chi connectivity index (χ0v) is 12.0. The minimum absolute atomic E-state index is 0.273. The van der Waals surface area contributed by atoms with Crippen molar-refractivity contribution < 1.29 is 14.2 Å². The highest BCUT2D eigenvalue weighted by Crippen LogP contribution is 2.22. The highest BCUT2D eigenvalue weighted by Gasteiger charge is 2.09. The van der Waals surface area contributed by atoms with Crippen LogP contribution in [0.3, 0.4) is 0 Å². The predicted molar refractivity (Wildman–Crippen MR) is 75.5 cm³/mol. The van der Waals surface area contributed by atoms with Gasteiger partial charge in [-0.15, -0.1) is 0 Å². The Kier molecular flexibility index (Phi) is 4.56. The molecule has 100 valence electrons. The van der Waals surface area contributed by atoms with E-state index in [4.69, 9.17) is 4.74 Å². The van der Waals surface area contributed by atoms with Gasteiger partial charge in [0.25, 0.3) is 0 Å². The Labute approximate surface area is 120 Å². The van der Waals surface area contributed by atoms with Gasteiger partial charge < -0.3 is 9.84 Å². The predicted octanol–water partition coefficient (Wildman–Crippen LogP) is 4.22. The number of hydrogen-bond acceptors (Lipinski definition) is 2. The van der Waals surface area contributed by atoms with Gasteiger partial charge in [-0.1, -0.05) is 28.1 Å². The Morgan fingerprint density at radius 3 is 2.68 bits per heavy atom. The molecular formula is C15H14BrFO2. The van der Waals surface area contributed by atoms with Gasteiger partial charge in [-0.3, -0.25) is 0 Å². The molecular weight excluding hydrogens is 311 g/mol. The fraction of sp³-hybridized carbons (Fsp3) is 0.200. The van der Waals surface area contributed by atoms with E-state index in [0.717, 1.165) is 10.0 Å². The van der Waals surface area contributed by atoms with E-state index in [1.807, 2.05) is 24.3 Å². The maximum atomic E-state index is 13.6. The smallest absolute Gasteiger partial charge is 0.132 e. The third kappa shape index (κ3) is 3.78. The standard InChI is InChI=1S/C15H14BrFO2/c1-10(18)14-6-5-13(8-15(14)17)19-9-11-3-2-4-12(16)7-11/h2-8,10,18H,9H2,1H3/t10-/m0/s1. The van der Waals surface area contributed by atoms with E-state index in [-0.39, 0.29) is 5.56 Å². The molecule has 1 N–H and O–H groups in total. The molecule has 0 aliphatic heterocycles. The average Bonchev–Trinajstić information content (AvgIpc) is 2.36. The summed E-state index contributed by atoms with van der Waals surface area (Å²) in [7, 11) is 0. The number of rotatable bonds is 4. The number of ether oxygens (including phenoxy) is 1. The molecule has 0 bridgehead atoms. The summed E-state index contributed by atoms with van der Waals surface area (Å²) in [6.07, 6.45) is -0.820. The molecule has 0 aliphatic rings. The van der Waals surface area contributed by atoms with Crippen molar-refractivity contribution in [1.82, 2.24) is 0 Å². The molecule has 0 amide bonds. The van der Waals surface area contributed by atoms with E-state index >= 15 is 0 Å². The first kappa shape index (κ1) is 14.0. The zero-order chi connectivity index (χ0) is 13.8. The Balaban J connectivity index is 2.06. The second-order valence-electron chi connectivity index (χ2n) is 4.28. The van der Waals surface area contributed by atoms with E-state index in [9.17, 15) is 9.50 Å². The van der Waals surface area contributed by atoms with E-state index in [0.29, 0.717) is 12.4 Å². The molecule has 0 radical (unpaired) electrons. The number of halogens is 2. The van der Waals surface area contributed by atoms with Crippen LogP contribution in [0.1, 0.15) is 24.2 Å². The van der Waals surface area contributed by atoms with Crippen molar-refractivity contribution in [2.75, 3.05) is 0 Å². The van der Waals surface area contributed by atoms with Gasteiger partial charge in [0.2, 0.25) is 0 Å². The van der Waals surface area contributed by atoms with Crippen molar-refractivity contribution in [2.45, 2.75) is 19.6 Å². The fourth-order valence-corrected chi connectivity index (χ4v) is 2.18. The normalized spacial score (nSPS) is 12.2. The van der Waals surface area contributed by atoms with E-state index < -0.39 is 11.9 Å². The molecule has 0 unspecified atom stereocenters. The lowest BCUT2D eigenvalue weighted by Gasteiger charge is -2.10. The Hall–Kier alpha value is -1.39. The van der Waals surface area contributed by atoms with Gasteiger partial charge in [-0.2, -0.15) is 0 Å². The Bertz CT molecular complexity index is 570. The van der Waals surface area contributed by atoms with Gasteiger partial charge in [0.15, 0.2) is 0 Å². The van der Waals surface area contributed by atoms with Crippen molar-refractivity contribution in [3.05, 3.63) is 63.9 Å². The maximum Gasteiger partial charge on any atom is 0.132 e. The summed E-state index contributed by atoms with van der Waals surface area (Å²) in [5, 5.41) is 9.35. The molecule has 2 aromatic carbocycles. The van der Waals surface area contributed by atoms with Gasteiger partial charge in [-0.05, 0) is 36.8 Å². The highest BCUT2D eigenvalue weighted by atomic mass is 79.9. The minimum Gasteiger partial charge on any atom is -0.489 e. The van der Waals surface area contributed by atoms with Crippen LogP contribution in [0.4, 0.5) is 4.39 Å². The first-order chi connectivity index (χ1) is 9.06. The first-order valence-corrected chi connectivity index (χ1v) is 6.70. The average molecular weight is 325 g/mol. The van der Waals surface area contributed by atoms with Crippen LogP contribution in [0.25, 0.3) is 0 Å². The molecule has 1 atom stereocenters. The van der Waals surface area contributed by atoms with Crippen molar-refractivity contribution in [3.8, 4) is 5.75 Å². The molecule has 0 aliphatic carbocycles. The molecule has 0 heterocycles. The molecule has 2 nitrogen and oxygen atoms in total. The Morgan fingerprint density at radius 2 is 2.05 bits per heavy atom. The van der Waals surface area contributed by atoms with Crippen molar-refractivity contribution in [1.29, 1.82) is 0 Å². The highest BCUT2D eigenvalue weighted by molar-refractivity contribution is 9.10. The number of aliphatic hydroxyl groups excluding tert-OH is 1. The van der Waals surface area contributed by atoms with Crippen molar-refractivity contribution in [3.63, 3.8) is 0 Å². The molecule has 0 saturated heterocycles. The summed E-state index contributed by atoms with van der Waals surface area (Å²) >= 11 is 3.38. The molecule has 19 heavy (non-hydrogen) atoms. The molecule has 2 rings (SSSR count). The third-order valence-electron chi connectivity index (χ3n) is 2.72. The first-order valence-electron chi connectivity index (χ1n) is 5.91. The molecule has 4 heteroatoms. The second kappa shape index (κ2) is 6.17. The molecule has 0 fully saturated rings. The van der Waals surface area contributed by atoms with Gasteiger partial charge >= 0.3 is 0 Å². The van der Waals surface area contributed by atoms with Gasteiger partial charge in [-0.25, -0.2) is 4.39 Å². The molecule has 2 aromatic rings. The monoisotopic (exact) mass is 324 g/mol. The van der Waals surface area contributed by atoms with E-state index in [1.54, 1.807) is 6.07 Å². The number of hydrogen-bond donors (Lipinski definition) is 1. The van der Waals surface area contributed by atoms with E-state index in [1.165, 1.54) is 19.1 Å². The van der Waals surface area contributed by atoms with Crippen LogP contribution in [-0.4, -0.2) is 5.11 Å². The van der Waals surface area contributed by atoms with Gasteiger partial charge in [0.1, 0.15) is 18.2 Å². The molecule has 0 saturated carbocycles. The zero-order valence-electron chi connectivity index (χ0n) is 10.4. The van der Waals surface area contributed by atoms with Gasteiger partial charge in [0.05, 0.1) is 6.10 Å². The van der Waals surface area contributed by atoms with Crippen LogP contribution in [0.2, 0.25) is 0 Å². The number of aliphatic hydroxyl groups is 1.